The van der Waals surface area contributed by atoms with Gasteiger partial charge in [-0.25, -0.2) is 9.80 Å². The standard InChI is InChI=1S/C16H31IN4.C12H22N4.C4H9I.C2H6.I2.2HI/c1-2-3-10-20-11-4-6-18-9-14-21(17)12-5-7-19(8-13-20)16(21)15(18)20;1-3-13-7-9-15-5-2-6-16-10-8-14(4-1)11(13)12(15)16;1-2-3-4-5;2*1-2;;/h15-16H,2-14H2,1H3;11-12H,1-10H2;2-4H2,1H3;1-2H3;;2*1H/q+1;;;;;;/p-1. The Balaban J connectivity index is 0.000000264. The Morgan fingerprint density at radius 2 is 1.00 bits per heavy atom. The average molecular weight is 1350 g/mol. The predicted molar refractivity (Wildman–Crippen MR) is 231 cm³/mol. The van der Waals surface area contributed by atoms with Gasteiger partial charge in [0.05, 0.1) is 58.1 Å². The van der Waals surface area contributed by atoms with Gasteiger partial charge in [0.25, 0.3) is 0 Å². The first-order valence-corrected chi connectivity index (χ1v) is 27.9. The van der Waals surface area contributed by atoms with Crippen LogP contribution < -0.4 is 46.8 Å². The Morgan fingerprint density at radius 3 is 1.46 bits per heavy atom. The Kier molecular flexibility index (Phi) is 24.7. The van der Waals surface area contributed by atoms with Crippen molar-refractivity contribution in [1.82, 2.24) is 29.4 Å². The zero-order chi connectivity index (χ0) is 33.2. The fraction of sp³-hybridized carbons (Fsp3) is 1.00. The molecule has 8 aliphatic heterocycles. The van der Waals surface area contributed by atoms with Gasteiger partial charge in [-0.3, -0.25) is 19.6 Å². The second-order valence-electron chi connectivity index (χ2n) is 14.4. The minimum Gasteiger partial charge on any atom is -1.00 e. The SMILES string of the molecule is C1CN2CCN3CCCN4CCN(C1)C2C34.CC.CCCCI.CCCC[N+]12CCCN3CC[N+]4([I-])CCCN(CC1)C4C32.I.II.[I-]. The summed E-state index contributed by atoms with van der Waals surface area (Å²) < 4.78 is 4.05. The summed E-state index contributed by atoms with van der Waals surface area (Å²) in [5.41, 5.74) is 0. The molecular weight excluding hydrogens is 1280 g/mol. The molecule has 0 N–H and O–H groups in total. The minimum atomic E-state index is 0. The van der Waals surface area contributed by atoms with Crippen LogP contribution in [0.1, 0.15) is 79.1 Å². The van der Waals surface area contributed by atoms with E-state index >= 15 is 0 Å². The van der Waals surface area contributed by atoms with Gasteiger partial charge in [-0.1, -0.05) is 63.1 Å². The number of halogens is 6. The fourth-order valence-corrected chi connectivity index (χ4v) is 11.9. The summed E-state index contributed by atoms with van der Waals surface area (Å²) in [6.07, 6.45) is 14.1. The van der Waals surface area contributed by atoms with Crippen LogP contribution in [0.25, 0.3) is 0 Å². The number of quaternary nitrogens is 2. The molecule has 8 aliphatic rings. The summed E-state index contributed by atoms with van der Waals surface area (Å²) in [5.74, 6) is 0. The number of nitrogens with zero attached hydrogens (tertiary/aromatic N) is 8. The van der Waals surface area contributed by atoms with Crippen LogP contribution >= 0.6 is 83.8 Å². The van der Waals surface area contributed by atoms with Crippen molar-refractivity contribution in [3.05, 3.63) is 0 Å². The summed E-state index contributed by atoms with van der Waals surface area (Å²) in [5, 5.41) is 0. The minimum absolute atomic E-state index is 0. The molecule has 0 aromatic rings. The summed E-state index contributed by atoms with van der Waals surface area (Å²) in [7, 11) is 0. The second-order valence-corrected chi connectivity index (χ2v) is 17.4. The van der Waals surface area contributed by atoms with Crippen molar-refractivity contribution in [2.24, 2.45) is 0 Å². The molecule has 8 saturated heterocycles. The van der Waals surface area contributed by atoms with Gasteiger partial charge in [0.1, 0.15) is 0 Å². The molecule has 0 bridgehead atoms. The van der Waals surface area contributed by atoms with E-state index in [1.165, 1.54) is 174 Å². The molecule has 0 saturated carbocycles. The number of hydrogen-bond donors (Lipinski definition) is 0. The fourth-order valence-electron chi connectivity index (χ4n) is 9.94. The number of rotatable bonds is 5. The molecule has 14 heteroatoms. The maximum atomic E-state index is 2.89. The molecule has 0 amide bonds. The molecule has 48 heavy (non-hydrogen) atoms. The van der Waals surface area contributed by atoms with Crippen LogP contribution in [0.5, 0.6) is 0 Å². The van der Waals surface area contributed by atoms with Crippen molar-refractivity contribution >= 4 is 83.8 Å². The molecule has 8 fully saturated rings. The molecule has 8 rings (SSSR count). The van der Waals surface area contributed by atoms with E-state index in [-0.39, 0.29) is 48.0 Å². The zero-order valence-corrected chi connectivity index (χ0v) is 43.7. The highest BCUT2D eigenvalue weighted by Gasteiger charge is 2.60. The molecule has 0 aromatic carbocycles. The van der Waals surface area contributed by atoms with E-state index in [1.54, 1.807) is 0 Å². The lowest BCUT2D eigenvalue weighted by molar-refractivity contribution is -1.33. The van der Waals surface area contributed by atoms with E-state index in [0.717, 1.165) is 24.7 Å². The molecule has 1 radical (unpaired) electrons. The summed E-state index contributed by atoms with van der Waals surface area (Å²) in [6, 6.07) is 0. The Bertz CT molecular complexity index is 829. The van der Waals surface area contributed by atoms with Crippen molar-refractivity contribution in [1.29, 1.82) is 0 Å². The van der Waals surface area contributed by atoms with E-state index in [4.69, 9.17) is 0 Å². The third-order valence-corrected chi connectivity index (χ3v) is 14.3. The van der Waals surface area contributed by atoms with E-state index in [9.17, 15) is 0 Å². The first-order chi connectivity index (χ1) is 22.5. The first-order valence-electron chi connectivity index (χ1n) is 19.1. The van der Waals surface area contributed by atoms with Crippen LogP contribution in [0.4, 0.5) is 0 Å². The van der Waals surface area contributed by atoms with Crippen LogP contribution in [0, 0.1) is 0 Å². The average Bonchev–Trinajstić information content (AvgIpc) is 3.11. The molecule has 8 nitrogen and oxygen atoms in total. The van der Waals surface area contributed by atoms with E-state index in [1.807, 2.05) is 13.8 Å². The second kappa shape index (κ2) is 24.6. The normalized spacial score (nSPS) is 35.8. The van der Waals surface area contributed by atoms with Crippen molar-refractivity contribution in [2.45, 2.75) is 104 Å². The van der Waals surface area contributed by atoms with Crippen molar-refractivity contribution < 1.29 is 54.0 Å². The van der Waals surface area contributed by atoms with Crippen LogP contribution in [0.15, 0.2) is 0 Å². The third kappa shape index (κ3) is 11.3. The van der Waals surface area contributed by atoms with Gasteiger partial charge in [-0.15, -0.1) is 24.0 Å². The van der Waals surface area contributed by atoms with Gasteiger partial charge in [0, 0.05) is 116 Å². The molecule has 8 heterocycles. The molecule has 0 aromatic heterocycles. The molecule has 0 aliphatic carbocycles. The zero-order valence-electron chi connectivity index (χ0n) is 30.6. The van der Waals surface area contributed by atoms with Crippen LogP contribution in [-0.4, -0.2) is 177 Å². The highest BCUT2D eigenvalue weighted by molar-refractivity contribution is 15.0. The summed E-state index contributed by atoms with van der Waals surface area (Å²) in [4.78, 5) is 16.7. The lowest BCUT2D eigenvalue weighted by atomic mass is 9.97. The Labute approximate surface area is 381 Å². The lowest BCUT2D eigenvalue weighted by Crippen LogP contribution is -3.49. The van der Waals surface area contributed by atoms with Gasteiger partial charge >= 0.3 is 0 Å². The Morgan fingerprint density at radius 1 is 0.562 bits per heavy atom. The van der Waals surface area contributed by atoms with Crippen molar-refractivity contribution in [3.63, 3.8) is 0 Å². The molecular formula is C34H69I6N8. The highest BCUT2D eigenvalue weighted by Crippen LogP contribution is 2.39. The van der Waals surface area contributed by atoms with Crippen LogP contribution in [0.3, 0.4) is 0 Å². The van der Waals surface area contributed by atoms with Crippen molar-refractivity contribution in [3.8, 4) is 0 Å². The van der Waals surface area contributed by atoms with Gasteiger partial charge in [0.2, 0.25) is 6.17 Å². The largest absolute Gasteiger partial charge is 1.00 e. The van der Waals surface area contributed by atoms with Gasteiger partial charge in [-0.2, -0.15) is 0 Å². The maximum absolute atomic E-state index is 2.89. The topological polar surface area (TPSA) is 19.4 Å². The van der Waals surface area contributed by atoms with E-state index in [0.29, 0.717) is 0 Å². The quantitative estimate of drug-likeness (QED) is 0.170. The monoisotopic (exact) mass is 1350 g/mol. The van der Waals surface area contributed by atoms with Gasteiger partial charge in [0.15, 0.2) is 6.17 Å². The van der Waals surface area contributed by atoms with E-state index in [2.05, 4.69) is 126 Å². The van der Waals surface area contributed by atoms with Gasteiger partial charge in [-0.05, 0) is 30.1 Å². The number of piperazine rings is 4. The molecule has 4 atom stereocenters. The first kappa shape index (κ1) is 48.2. The van der Waals surface area contributed by atoms with Crippen molar-refractivity contribution in [2.75, 3.05) is 116 Å². The van der Waals surface area contributed by atoms with Crippen LogP contribution in [-0.2, 0) is 0 Å². The molecule has 4 unspecified atom stereocenters. The lowest BCUT2D eigenvalue weighted by Gasteiger charge is -2.69. The summed E-state index contributed by atoms with van der Waals surface area (Å²) in [6.45, 7) is 31.5. The number of hydrogen-bond acceptors (Lipinski definition) is 6. The number of unbranched alkanes of at least 4 members (excludes halogenated alkanes) is 2. The highest BCUT2D eigenvalue weighted by atomic mass is 128. The Hall–Kier alpha value is 4.06. The van der Waals surface area contributed by atoms with Crippen LogP contribution in [0.2, 0.25) is 0 Å². The smallest absolute Gasteiger partial charge is 0.212 e. The predicted octanol–water partition coefficient (Wildman–Crippen LogP) is 0.302. The number of alkyl halides is 1. The summed E-state index contributed by atoms with van der Waals surface area (Å²) >= 11 is 9.45. The van der Waals surface area contributed by atoms with Gasteiger partial charge < -0.3 is 54.0 Å². The molecule has 287 valence electrons. The third-order valence-electron chi connectivity index (χ3n) is 12.0. The van der Waals surface area contributed by atoms with E-state index < -0.39 is 0 Å². The molecule has 0 spiro atoms. The maximum Gasteiger partial charge on any atom is 0.212 e.